The van der Waals surface area contributed by atoms with Crippen molar-refractivity contribution in [3.8, 4) is 34.2 Å². The smallest absolute Gasteiger partial charge is 0.189 e. The minimum Gasteiger partial charge on any atom is -0.465 e. The number of ether oxygens (including phenoxy) is 2. The molecular weight excluding hydrogens is 408 g/mol. The van der Waals surface area contributed by atoms with Crippen molar-refractivity contribution in [3.05, 3.63) is 120 Å². The molecule has 0 aliphatic heterocycles. The van der Waals surface area contributed by atoms with Crippen molar-refractivity contribution in [2.75, 3.05) is 6.79 Å². The van der Waals surface area contributed by atoms with Gasteiger partial charge in [0.05, 0.1) is 23.4 Å². The van der Waals surface area contributed by atoms with E-state index in [0.29, 0.717) is 17.9 Å². The van der Waals surface area contributed by atoms with Crippen molar-refractivity contribution in [2.45, 2.75) is 6.61 Å². The number of hydrogen-bond donors (Lipinski definition) is 0. The van der Waals surface area contributed by atoms with Crippen LogP contribution >= 0.6 is 0 Å². The van der Waals surface area contributed by atoms with Gasteiger partial charge in [0.15, 0.2) is 12.5 Å². The summed E-state index contributed by atoms with van der Waals surface area (Å²) in [5.41, 5.74) is 6.34. The summed E-state index contributed by atoms with van der Waals surface area (Å²) in [7, 11) is 0. The second kappa shape index (κ2) is 9.44. The third-order valence-corrected chi connectivity index (χ3v) is 5.54. The zero-order chi connectivity index (χ0) is 22.5. The quantitative estimate of drug-likeness (QED) is 0.213. The monoisotopic (exact) mass is 430 g/mol. The van der Waals surface area contributed by atoms with E-state index in [1.165, 1.54) is 0 Å². The molecule has 0 saturated heterocycles. The number of nitrogens with zero attached hydrogens (tertiary/aromatic N) is 2. The molecule has 5 rings (SSSR count). The Hall–Kier alpha value is -4.33. The Balaban J connectivity index is 1.64. The van der Waals surface area contributed by atoms with Gasteiger partial charge in [0.2, 0.25) is 0 Å². The average molecular weight is 431 g/mol. The van der Waals surface area contributed by atoms with Crippen LogP contribution in [-0.4, -0.2) is 11.2 Å². The van der Waals surface area contributed by atoms with Gasteiger partial charge in [0.1, 0.15) is 11.6 Å². The molecule has 160 valence electrons. The topological polar surface area (TPSA) is 46.7 Å². The molecule has 0 N–H and O–H groups in total. The van der Waals surface area contributed by atoms with Gasteiger partial charge >= 0.3 is 0 Å². The highest BCUT2D eigenvalue weighted by atomic mass is 16.7. The van der Waals surface area contributed by atoms with Crippen LogP contribution < -0.4 is 4.74 Å². The Morgan fingerprint density at radius 2 is 1.36 bits per heavy atom. The van der Waals surface area contributed by atoms with Crippen LogP contribution in [0.1, 0.15) is 11.1 Å². The maximum absolute atomic E-state index is 9.87. The highest BCUT2D eigenvalue weighted by Gasteiger charge is 2.24. The van der Waals surface area contributed by atoms with Gasteiger partial charge in [-0.25, -0.2) is 0 Å². The Kier molecular flexibility index (Phi) is 5.88. The van der Waals surface area contributed by atoms with E-state index >= 15 is 0 Å². The molecule has 4 heteroatoms. The number of aromatic nitrogens is 1. The fraction of sp³-hybridized carbons (Fsp3) is 0.0690. The van der Waals surface area contributed by atoms with Gasteiger partial charge in [-0.15, -0.1) is 0 Å². The van der Waals surface area contributed by atoms with Crippen molar-refractivity contribution in [3.63, 3.8) is 0 Å². The van der Waals surface area contributed by atoms with Crippen molar-refractivity contribution >= 4 is 5.52 Å². The third-order valence-electron chi connectivity index (χ3n) is 5.54. The lowest BCUT2D eigenvalue weighted by molar-refractivity contribution is 0.00621. The summed E-state index contributed by atoms with van der Waals surface area (Å²) in [6.45, 7) is 0.520. The van der Waals surface area contributed by atoms with E-state index < -0.39 is 0 Å². The molecule has 0 bridgehead atoms. The lowest BCUT2D eigenvalue weighted by Crippen LogP contribution is -2.04. The molecule has 0 spiro atoms. The predicted molar refractivity (Wildman–Crippen MR) is 130 cm³/mol. The molecule has 3 aromatic carbocycles. The Morgan fingerprint density at radius 3 is 2.03 bits per heavy atom. The maximum Gasteiger partial charge on any atom is 0.189 e. The van der Waals surface area contributed by atoms with Crippen LogP contribution in [-0.2, 0) is 11.3 Å². The van der Waals surface area contributed by atoms with Gasteiger partial charge in [-0.1, -0.05) is 91.0 Å². The Labute approximate surface area is 192 Å². The molecule has 0 aliphatic rings. The zero-order valence-electron chi connectivity index (χ0n) is 18.0. The summed E-state index contributed by atoms with van der Waals surface area (Å²) in [4.78, 5) is 0. The van der Waals surface area contributed by atoms with Gasteiger partial charge in [0, 0.05) is 6.20 Å². The molecule has 2 aromatic heterocycles. The first-order chi connectivity index (χ1) is 16.4. The second-order valence-corrected chi connectivity index (χ2v) is 7.63. The van der Waals surface area contributed by atoms with E-state index in [2.05, 4.69) is 30.3 Å². The molecule has 4 nitrogen and oxygen atoms in total. The minimum absolute atomic E-state index is 0.0718. The number of hydrogen-bond acceptors (Lipinski definition) is 3. The number of fused-ring (bicyclic) bond motifs is 1. The van der Waals surface area contributed by atoms with Crippen LogP contribution in [0, 0.1) is 11.3 Å². The zero-order valence-corrected chi connectivity index (χ0v) is 18.0. The molecule has 0 saturated carbocycles. The SMILES string of the molecule is N#Cc1cccn2c(-c3ccccc3)c(-c3ccccc3)c(OCOCc3ccccc3)c12. The number of pyridine rings is 1. The molecule has 0 amide bonds. The third kappa shape index (κ3) is 4.10. The number of benzene rings is 3. The average Bonchev–Trinajstić information content (AvgIpc) is 3.22. The van der Waals surface area contributed by atoms with Gasteiger partial charge in [-0.3, -0.25) is 0 Å². The maximum atomic E-state index is 9.87. The second-order valence-electron chi connectivity index (χ2n) is 7.63. The summed E-state index contributed by atoms with van der Waals surface area (Å²) in [6.07, 6.45) is 1.97. The minimum atomic E-state index is 0.0718. The van der Waals surface area contributed by atoms with Crippen molar-refractivity contribution in [1.29, 1.82) is 5.26 Å². The van der Waals surface area contributed by atoms with Crippen LogP contribution in [0.2, 0.25) is 0 Å². The summed E-state index contributed by atoms with van der Waals surface area (Å²) in [5, 5.41) is 9.87. The van der Waals surface area contributed by atoms with E-state index in [4.69, 9.17) is 9.47 Å². The van der Waals surface area contributed by atoms with Crippen LogP contribution in [0.4, 0.5) is 0 Å². The van der Waals surface area contributed by atoms with Crippen LogP contribution in [0.15, 0.2) is 109 Å². The first-order valence-electron chi connectivity index (χ1n) is 10.8. The normalized spacial score (nSPS) is 10.8. The summed E-state index contributed by atoms with van der Waals surface area (Å²) < 4.78 is 14.2. The van der Waals surface area contributed by atoms with Crippen molar-refractivity contribution in [2.24, 2.45) is 0 Å². The molecule has 2 heterocycles. The first-order valence-corrected chi connectivity index (χ1v) is 10.8. The molecule has 0 aliphatic carbocycles. The molecule has 33 heavy (non-hydrogen) atoms. The van der Waals surface area contributed by atoms with Crippen LogP contribution in [0.5, 0.6) is 5.75 Å². The first kappa shape index (κ1) is 20.6. The van der Waals surface area contributed by atoms with E-state index in [0.717, 1.165) is 33.5 Å². The van der Waals surface area contributed by atoms with Crippen LogP contribution in [0.3, 0.4) is 0 Å². The molecular formula is C29H22N2O2. The summed E-state index contributed by atoms with van der Waals surface area (Å²) in [6, 6.07) is 36.3. The lowest BCUT2D eigenvalue weighted by atomic mass is 10.0. The van der Waals surface area contributed by atoms with Gasteiger partial charge in [-0.05, 0) is 28.8 Å². The molecule has 0 fully saturated rings. The Morgan fingerprint density at radius 1 is 0.727 bits per heavy atom. The highest BCUT2D eigenvalue weighted by Crippen LogP contribution is 2.45. The van der Waals surface area contributed by atoms with E-state index in [-0.39, 0.29) is 6.79 Å². The molecule has 0 unspecified atom stereocenters. The highest BCUT2D eigenvalue weighted by molar-refractivity contribution is 5.95. The fourth-order valence-corrected chi connectivity index (χ4v) is 4.09. The predicted octanol–water partition coefficient (Wildman–Crippen LogP) is 6.70. The lowest BCUT2D eigenvalue weighted by Gasteiger charge is -2.11. The standard InChI is InChI=1S/C29H22N2O2/c30-19-25-17-10-18-31-27(24-15-8-3-9-16-24)26(23-13-6-2-7-14-23)29(28(25)31)33-21-32-20-22-11-4-1-5-12-22/h1-18H,20-21H2. The molecule has 5 aromatic rings. The van der Waals surface area contributed by atoms with Gasteiger partial charge in [-0.2, -0.15) is 5.26 Å². The van der Waals surface area contributed by atoms with E-state index in [1.54, 1.807) is 0 Å². The Bertz CT molecular complexity index is 1400. The molecule has 0 radical (unpaired) electrons. The van der Waals surface area contributed by atoms with Crippen molar-refractivity contribution < 1.29 is 9.47 Å². The van der Waals surface area contributed by atoms with E-state index in [1.807, 2.05) is 89.5 Å². The summed E-state index contributed by atoms with van der Waals surface area (Å²) >= 11 is 0. The number of nitriles is 1. The van der Waals surface area contributed by atoms with Gasteiger partial charge in [0.25, 0.3) is 0 Å². The van der Waals surface area contributed by atoms with Crippen molar-refractivity contribution in [1.82, 2.24) is 4.40 Å². The fourth-order valence-electron chi connectivity index (χ4n) is 4.09. The number of rotatable bonds is 7. The largest absolute Gasteiger partial charge is 0.465 e. The van der Waals surface area contributed by atoms with E-state index in [9.17, 15) is 5.26 Å². The molecule has 0 atom stereocenters. The van der Waals surface area contributed by atoms with Gasteiger partial charge < -0.3 is 13.9 Å². The summed E-state index contributed by atoms with van der Waals surface area (Å²) in [5.74, 6) is 0.644. The van der Waals surface area contributed by atoms with Crippen LogP contribution in [0.25, 0.3) is 27.9 Å².